The highest BCUT2D eigenvalue weighted by molar-refractivity contribution is 6.18. The summed E-state index contributed by atoms with van der Waals surface area (Å²) in [7, 11) is 1.64. The summed E-state index contributed by atoms with van der Waals surface area (Å²) in [4.78, 5) is 6.81. The normalized spacial score (nSPS) is 15.4. The highest BCUT2D eigenvalue weighted by Gasteiger charge is 2.28. The number of nitrogens with zero attached hydrogens (tertiary/aromatic N) is 2. The van der Waals surface area contributed by atoms with Gasteiger partial charge in [0.15, 0.2) is 0 Å². The average molecular weight is 241 g/mol. The predicted octanol–water partition coefficient (Wildman–Crippen LogP) is 2.29. The van der Waals surface area contributed by atoms with Gasteiger partial charge in [0, 0.05) is 31.1 Å². The molecule has 0 spiro atoms. The van der Waals surface area contributed by atoms with Crippen LogP contribution in [0.2, 0.25) is 0 Å². The van der Waals surface area contributed by atoms with Crippen molar-refractivity contribution in [1.29, 1.82) is 0 Å². The summed E-state index contributed by atoms with van der Waals surface area (Å²) in [5, 5.41) is 0. The first kappa shape index (κ1) is 11.7. The number of alkyl halides is 1. The Morgan fingerprint density at radius 3 is 2.94 bits per heavy atom. The topological polar surface area (TPSA) is 25.4 Å². The van der Waals surface area contributed by atoms with Crippen molar-refractivity contribution >= 4 is 11.6 Å². The minimum absolute atomic E-state index is 0.680. The van der Waals surface area contributed by atoms with Gasteiger partial charge in [-0.25, -0.2) is 4.98 Å². The lowest BCUT2D eigenvalue weighted by molar-refractivity contribution is 0.266. The second kappa shape index (κ2) is 5.51. The first-order valence-electron chi connectivity index (χ1n) is 5.63. The standard InChI is InChI=1S/C12H17ClN2O/c1-16-12-4-2-3-10(14-12)9-15(8-7-13)11-5-6-11/h2-4,11H,5-9H2,1H3. The number of halogens is 1. The van der Waals surface area contributed by atoms with Crippen LogP contribution in [0.15, 0.2) is 18.2 Å². The Bertz CT molecular complexity index is 342. The molecule has 0 atom stereocenters. The van der Waals surface area contributed by atoms with Gasteiger partial charge in [-0.15, -0.1) is 11.6 Å². The molecule has 1 saturated carbocycles. The van der Waals surface area contributed by atoms with E-state index in [4.69, 9.17) is 16.3 Å². The van der Waals surface area contributed by atoms with Crippen molar-refractivity contribution in [3.05, 3.63) is 23.9 Å². The molecule has 0 aromatic carbocycles. The van der Waals surface area contributed by atoms with E-state index in [1.807, 2.05) is 18.2 Å². The zero-order chi connectivity index (χ0) is 11.4. The van der Waals surface area contributed by atoms with Crippen molar-refractivity contribution in [2.45, 2.75) is 25.4 Å². The van der Waals surface area contributed by atoms with Crippen LogP contribution in [0.4, 0.5) is 0 Å². The second-order valence-electron chi connectivity index (χ2n) is 4.06. The Balaban J connectivity index is 1.99. The molecular weight excluding hydrogens is 224 g/mol. The average Bonchev–Trinajstić information content (AvgIpc) is 3.13. The molecule has 1 heterocycles. The third-order valence-corrected chi connectivity index (χ3v) is 2.96. The van der Waals surface area contributed by atoms with Crippen LogP contribution in [0.1, 0.15) is 18.5 Å². The van der Waals surface area contributed by atoms with E-state index in [0.717, 1.165) is 18.8 Å². The van der Waals surface area contributed by atoms with E-state index >= 15 is 0 Å². The van der Waals surface area contributed by atoms with E-state index in [0.29, 0.717) is 17.8 Å². The van der Waals surface area contributed by atoms with E-state index in [9.17, 15) is 0 Å². The summed E-state index contributed by atoms with van der Waals surface area (Å²) in [6, 6.07) is 6.60. The van der Waals surface area contributed by atoms with Gasteiger partial charge in [-0.3, -0.25) is 4.90 Å². The fourth-order valence-electron chi connectivity index (χ4n) is 1.81. The highest BCUT2D eigenvalue weighted by Crippen LogP contribution is 2.28. The summed E-state index contributed by atoms with van der Waals surface area (Å²) >= 11 is 5.81. The monoisotopic (exact) mass is 240 g/mol. The maximum absolute atomic E-state index is 5.81. The van der Waals surface area contributed by atoms with Crippen LogP contribution < -0.4 is 4.74 Å². The quantitative estimate of drug-likeness (QED) is 0.714. The van der Waals surface area contributed by atoms with Gasteiger partial charge >= 0.3 is 0 Å². The number of hydrogen-bond donors (Lipinski definition) is 0. The fourth-order valence-corrected chi connectivity index (χ4v) is 2.02. The van der Waals surface area contributed by atoms with E-state index in [-0.39, 0.29) is 0 Å². The molecular formula is C12H17ClN2O. The lowest BCUT2D eigenvalue weighted by atomic mass is 10.3. The summed E-state index contributed by atoms with van der Waals surface area (Å²) in [6.07, 6.45) is 2.59. The molecule has 3 nitrogen and oxygen atoms in total. The number of rotatable bonds is 6. The van der Waals surface area contributed by atoms with Gasteiger partial charge in [-0.1, -0.05) is 6.07 Å². The van der Waals surface area contributed by atoms with Crippen molar-refractivity contribution in [3.8, 4) is 5.88 Å². The summed E-state index contributed by atoms with van der Waals surface area (Å²) in [6.45, 7) is 1.81. The Labute approximate surface area is 101 Å². The number of methoxy groups -OCH3 is 1. The van der Waals surface area contributed by atoms with Crippen LogP contribution in [-0.4, -0.2) is 35.5 Å². The molecule has 1 aromatic heterocycles. The smallest absolute Gasteiger partial charge is 0.213 e. The molecule has 1 aromatic rings. The third kappa shape index (κ3) is 3.09. The van der Waals surface area contributed by atoms with Crippen LogP contribution in [0.25, 0.3) is 0 Å². The van der Waals surface area contributed by atoms with Crippen molar-refractivity contribution < 1.29 is 4.74 Å². The molecule has 0 saturated heterocycles. The first-order valence-corrected chi connectivity index (χ1v) is 6.17. The van der Waals surface area contributed by atoms with Gasteiger partial charge in [0.25, 0.3) is 0 Å². The second-order valence-corrected chi connectivity index (χ2v) is 4.44. The van der Waals surface area contributed by atoms with E-state index in [1.165, 1.54) is 12.8 Å². The highest BCUT2D eigenvalue weighted by atomic mass is 35.5. The molecule has 1 fully saturated rings. The maximum Gasteiger partial charge on any atom is 0.213 e. The molecule has 88 valence electrons. The number of pyridine rings is 1. The van der Waals surface area contributed by atoms with Crippen LogP contribution >= 0.6 is 11.6 Å². The predicted molar refractivity (Wildman–Crippen MR) is 64.9 cm³/mol. The molecule has 0 N–H and O–H groups in total. The third-order valence-electron chi connectivity index (χ3n) is 2.79. The Hall–Kier alpha value is -0.800. The molecule has 0 aliphatic heterocycles. The number of hydrogen-bond acceptors (Lipinski definition) is 3. The van der Waals surface area contributed by atoms with Crippen molar-refractivity contribution in [2.24, 2.45) is 0 Å². The molecule has 1 aliphatic rings. The van der Waals surface area contributed by atoms with Crippen molar-refractivity contribution in [2.75, 3.05) is 19.5 Å². The Morgan fingerprint density at radius 1 is 1.50 bits per heavy atom. The minimum Gasteiger partial charge on any atom is -0.481 e. The molecule has 16 heavy (non-hydrogen) atoms. The maximum atomic E-state index is 5.81. The summed E-state index contributed by atoms with van der Waals surface area (Å²) in [5.74, 6) is 1.36. The van der Waals surface area contributed by atoms with Crippen LogP contribution in [0.3, 0.4) is 0 Å². The van der Waals surface area contributed by atoms with Crippen LogP contribution in [-0.2, 0) is 6.54 Å². The Kier molecular flexibility index (Phi) is 4.02. The van der Waals surface area contributed by atoms with Crippen molar-refractivity contribution in [1.82, 2.24) is 9.88 Å². The van der Waals surface area contributed by atoms with Crippen molar-refractivity contribution in [3.63, 3.8) is 0 Å². The SMILES string of the molecule is COc1cccc(CN(CCCl)C2CC2)n1. The zero-order valence-electron chi connectivity index (χ0n) is 9.53. The van der Waals surface area contributed by atoms with Gasteiger partial charge in [-0.05, 0) is 18.9 Å². The van der Waals surface area contributed by atoms with Gasteiger partial charge in [0.1, 0.15) is 0 Å². The molecule has 2 rings (SSSR count). The minimum atomic E-state index is 0.680. The first-order chi connectivity index (χ1) is 7.83. The van der Waals surface area contributed by atoms with E-state index < -0.39 is 0 Å². The lowest BCUT2D eigenvalue weighted by Crippen LogP contribution is -2.28. The van der Waals surface area contributed by atoms with Gasteiger partial charge in [0.2, 0.25) is 5.88 Å². The largest absolute Gasteiger partial charge is 0.481 e. The Morgan fingerprint density at radius 2 is 2.31 bits per heavy atom. The number of aromatic nitrogens is 1. The van der Waals surface area contributed by atoms with Gasteiger partial charge < -0.3 is 4.74 Å². The van der Waals surface area contributed by atoms with Crippen LogP contribution in [0.5, 0.6) is 5.88 Å². The zero-order valence-corrected chi connectivity index (χ0v) is 10.3. The summed E-state index contributed by atoms with van der Waals surface area (Å²) in [5.41, 5.74) is 1.05. The number of ether oxygens (including phenoxy) is 1. The molecule has 0 amide bonds. The fraction of sp³-hybridized carbons (Fsp3) is 0.583. The molecule has 0 bridgehead atoms. The molecule has 1 aliphatic carbocycles. The summed E-state index contributed by atoms with van der Waals surface area (Å²) < 4.78 is 5.12. The molecule has 0 radical (unpaired) electrons. The lowest BCUT2D eigenvalue weighted by Gasteiger charge is -2.20. The van der Waals surface area contributed by atoms with Gasteiger partial charge in [-0.2, -0.15) is 0 Å². The van der Waals surface area contributed by atoms with Gasteiger partial charge in [0.05, 0.1) is 12.8 Å². The molecule has 4 heteroatoms. The van der Waals surface area contributed by atoms with Crippen LogP contribution in [0, 0.1) is 0 Å². The van der Waals surface area contributed by atoms with E-state index in [1.54, 1.807) is 7.11 Å². The molecule has 0 unspecified atom stereocenters. The van der Waals surface area contributed by atoms with E-state index in [2.05, 4.69) is 9.88 Å².